The van der Waals surface area contributed by atoms with Crippen molar-refractivity contribution in [2.45, 2.75) is 13.8 Å². The van der Waals surface area contributed by atoms with E-state index in [9.17, 15) is 9.59 Å². The summed E-state index contributed by atoms with van der Waals surface area (Å²) in [4.78, 5) is 29.1. The van der Waals surface area contributed by atoms with Gasteiger partial charge in [0.05, 0.1) is 19.1 Å². The highest BCUT2D eigenvalue weighted by Gasteiger charge is 2.25. The van der Waals surface area contributed by atoms with Crippen LogP contribution in [0.2, 0.25) is 0 Å². The first-order valence-corrected chi connectivity index (χ1v) is 12.1. The van der Waals surface area contributed by atoms with E-state index in [0.717, 1.165) is 33.2 Å². The van der Waals surface area contributed by atoms with Crippen LogP contribution in [0.15, 0.2) is 82.0 Å². The van der Waals surface area contributed by atoms with Gasteiger partial charge in [0.25, 0.3) is 5.91 Å². The quantitative estimate of drug-likeness (QED) is 0.339. The van der Waals surface area contributed by atoms with Crippen LogP contribution in [0.25, 0.3) is 27.7 Å². The molecule has 0 saturated carbocycles. The van der Waals surface area contributed by atoms with Crippen LogP contribution in [-0.4, -0.2) is 54.4 Å². The number of carbonyl (C=O) groups is 2. The fraction of sp³-hybridized carbons (Fsp3) is 0.241. The molecule has 7 heteroatoms. The van der Waals surface area contributed by atoms with E-state index in [2.05, 4.69) is 0 Å². The number of hydrogen-bond acceptors (Lipinski definition) is 5. The Bertz CT molecular complexity index is 1390. The molecular weight excluding hydrogens is 456 g/mol. The number of fused-ring (bicyclic) bond motifs is 1. The Labute approximate surface area is 209 Å². The summed E-state index contributed by atoms with van der Waals surface area (Å²) in [6.45, 7) is 6.20. The molecule has 0 N–H and O–H groups in total. The topological polar surface area (TPSA) is 76.1 Å². The summed E-state index contributed by atoms with van der Waals surface area (Å²) in [5, 5.41) is 0.963. The maximum atomic E-state index is 13.1. The first-order valence-electron chi connectivity index (χ1n) is 12.1. The van der Waals surface area contributed by atoms with Crippen molar-refractivity contribution in [2.75, 3.05) is 32.8 Å². The Hall–Kier alpha value is -4.26. The molecule has 2 amide bonds. The van der Waals surface area contributed by atoms with Crippen LogP contribution in [-0.2, 0) is 4.79 Å². The standard InChI is InChI=1S/C29H28N2O5/c1-3-34-26-18-27-23(24(19-36-27)21-8-5-4-6-9-21)17-22(26)20(2)16-28(32)30-11-13-31(14-12-30)29(33)25-10-7-15-35-25/h4-10,15-19H,3,11-14H2,1-2H3/b20-16+. The van der Waals surface area contributed by atoms with Crippen molar-refractivity contribution in [1.82, 2.24) is 9.80 Å². The molecule has 0 aliphatic carbocycles. The van der Waals surface area contributed by atoms with E-state index in [1.807, 2.05) is 56.3 Å². The minimum Gasteiger partial charge on any atom is -0.493 e. The zero-order valence-electron chi connectivity index (χ0n) is 20.4. The highest BCUT2D eigenvalue weighted by Crippen LogP contribution is 2.37. The molecule has 0 spiro atoms. The normalized spacial score (nSPS) is 14.3. The van der Waals surface area contributed by atoms with Crippen LogP contribution in [0, 0.1) is 0 Å². The van der Waals surface area contributed by atoms with Crippen LogP contribution in [0.5, 0.6) is 5.75 Å². The molecule has 1 fully saturated rings. The van der Waals surface area contributed by atoms with Gasteiger partial charge >= 0.3 is 0 Å². The molecule has 2 aromatic heterocycles. The monoisotopic (exact) mass is 484 g/mol. The van der Waals surface area contributed by atoms with Gasteiger partial charge in [0.15, 0.2) is 5.76 Å². The number of ether oxygens (including phenoxy) is 1. The van der Waals surface area contributed by atoms with Crippen LogP contribution in [0.4, 0.5) is 0 Å². The van der Waals surface area contributed by atoms with Gasteiger partial charge in [0, 0.05) is 54.8 Å². The van der Waals surface area contributed by atoms with E-state index in [1.54, 1.807) is 34.3 Å². The Morgan fingerprint density at radius 2 is 1.72 bits per heavy atom. The first kappa shape index (κ1) is 23.5. The summed E-state index contributed by atoms with van der Waals surface area (Å²) in [6, 6.07) is 17.3. The molecule has 7 nitrogen and oxygen atoms in total. The van der Waals surface area contributed by atoms with Gasteiger partial charge in [-0.2, -0.15) is 0 Å². The second kappa shape index (κ2) is 10.2. The van der Waals surface area contributed by atoms with E-state index in [-0.39, 0.29) is 11.8 Å². The molecule has 0 radical (unpaired) electrons. The minimum atomic E-state index is -0.150. The lowest BCUT2D eigenvalue weighted by atomic mass is 9.99. The number of benzene rings is 2. The van der Waals surface area contributed by atoms with Gasteiger partial charge in [0.2, 0.25) is 5.91 Å². The number of nitrogens with zero attached hydrogens (tertiary/aromatic N) is 2. The van der Waals surface area contributed by atoms with Gasteiger partial charge in [-0.15, -0.1) is 0 Å². The molecule has 4 aromatic rings. The van der Waals surface area contributed by atoms with E-state index in [0.29, 0.717) is 44.3 Å². The highest BCUT2D eigenvalue weighted by atomic mass is 16.5. The van der Waals surface area contributed by atoms with Gasteiger partial charge in [-0.1, -0.05) is 30.3 Å². The number of rotatable bonds is 6. The van der Waals surface area contributed by atoms with Crippen molar-refractivity contribution >= 4 is 28.4 Å². The average molecular weight is 485 g/mol. The molecule has 0 bridgehead atoms. The molecule has 1 aliphatic rings. The van der Waals surface area contributed by atoms with Crippen molar-refractivity contribution < 1.29 is 23.2 Å². The van der Waals surface area contributed by atoms with Crippen LogP contribution < -0.4 is 4.74 Å². The maximum absolute atomic E-state index is 13.1. The lowest BCUT2D eigenvalue weighted by molar-refractivity contribution is -0.127. The van der Waals surface area contributed by atoms with Crippen molar-refractivity contribution in [3.8, 4) is 16.9 Å². The molecule has 1 aliphatic heterocycles. The second-order valence-corrected chi connectivity index (χ2v) is 8.72. The number of hydrogen-bond donors (Lipinski definition) is 0. The summed E-state index contributed by atoms with van der Waals surface area (Å²) >= 11 is 0. The summed E-state index contributed by atoms with van der Waals surface area (Å²) in [5.74, 6) is 0.756. The summed E-state index contributed by atoms with van der Waals surface area (Å²) in [7, 11) is 0. The van der Waals surface area contributed by atoms with Crippen LogP contribution >= 0.6 is 0 Å². The zero-order chi connectivity index (χ0) is 25.1. The third-order valence-corrected chi connectivity index (χ3v) is 6.44. The molecule has 0 unspecified atom stereocenters. The Morgan fingerprint density at radius 1 is 0.972 bits per heavy atom. The Kier molecular flexibility index (Phi) is 6.62. The summed E-state index contributed by atoms with van der Waals surface area (Å²) in [5.41, 5.74) is 4.44. The number of piperazine rings is 1. The molecule has 36 heavy (non-hydrogen) atoms. The molecule has 3 heterocycles. The minimum absolute atomic E-state index is 0.0874. The molecule has 0 atom stereocenters. The van der Waals surface area contributed by atoms with E-state index in [4.69, 9.17) is 13.6 Å². The Morgan fingerprint density at radius 3 is 2.42 bits per heavy atom. The fourth-order valence-electron chi connectivity index (χ4n) is 4.52. The Balaban J connectivity index is 1.37. The third-order valence-electron chi connectivity index (χ3n) is 6.44. The summed E-state index contributed by atoms with van der Waals surface area (Å²) < 4.78 is 17.0. The predicted octanol–water partition coefficient (Wildman–Crippen LogP) is 5.48. The van der Waals surface area contributed by atoms with Gasteiger partial charge < -0.3 is 23.4 Å². The number of allylic oxidation sites excluding steroid dienone is 1. The van der Waals surface area contributed by atoms with Crippen molar-refractivity contribution in [1.29, 1.82) is 0 Å². The third kappa shape index (κ3) is 4.64. The van der Waals surface area contributed by atoms with Crippen LogP contribution in [0.3, 0.4) is 0 Å². The molecular formula is C29H28N2O5. The van der Waals surface area contributed by atoms with Crippen molar-refractivity contribution in [2.24, 2.45) is 0 Å². The van der Waals surface area contributed by atoms with Gasteiger partial charge in [-0.05, 0) is 43.2 Å². The lowest BCUT2D eigenvalue weighted by Crippen LogP contribution is -2.50. The van der Waals surface area contributed by atoms with Crippen LogP contribution in [0.1, 0.15) is 30.0 Å². The molecule has 1 saturated heterocycles. The zero-order valence-corrected chi connectivity index (χ0v) is 20.4. The summed E-state index contributed by atoms with van der Waals surface area (Å²) in [6.07, 6.45) is 4.89. The van der Waals surface area contributed by atoms with Crippen molar-refractivity contribution in [3.05, 3.63) is 84.5 Å². The van der Waals surface area contributed by atoms with Gasteiger partial charge in [-0.3, -0.25) is 9.59 Å². The number of carbonyl (C=O) groups excluding carboxylic acids is 2. The largest absolute Gasteiger partial charge is 0.493 e. The first-order chi connectivity index (χ1) is 17.5. The SMILES string of the molecule is CCOc1cc2occ(-c3ccccc3)c2cc1/C(C)=C/C(=O)N1CCN(C(=O)c2ccco2)CC1. The number of amides is 2. The van der Waals surface area contributed by atoms with E-state index >= 15 is 0 Å². The van der Waals surface area contributed by atoms with E-state index < -0.39 is 0 Å². The second-order valence-electron chi connectivity index (χ2n) is 8.72. The highest BCUT2D eigenvalue weighted by molar-refractivity contribution is 6.00. The lowest BCUT2D eigenvalue weighted by Gasteiger charge is -2.33. The predicted molar refractivity (Wildman–Crippen MR) is 138 cm³/mol. The van der Waals surface area contributed by atoms with Crippen molar-refractivity contribution in [3.63, 3.8) is 0 Å². The van der Waals surface area contributed by atoms with Gasteiger partial charge in [-0.25, -0.2) is 0 Å². The molecule has 184 valence electrons. The van der Waals surface area contributed by atoms with E-state index in [1.165, 1.54) is 6.26 Å². The average Bonchev–Trinajstić information content (AvgIpc) is 3.59. The number of furan rings is 2. The fourth-order valence-corrected chi connectivity index (χ4v) is 4.52. The van der Waals surface area contributed by atoms with Gasteiger partial charge in [0.1, 0.15) is 11.3 Å². The molecule has 5 rings (SSSR count). The molecule has 2 aromatic carbocycles. The smallest absolute Gasteiger partial charge is 0.289 e. The maximum Gasteiger partial charge on any atom is 0.289 e.